The number of amides is 1. The molecule has 0 aliphatic heterocycles. The molecular formula is C24H19ClN2OS. The van der Waals surface area contributed by atoms with Crippen LogP contribution in [0.1, 0.15) is 15.9 Å². The van der Waals surface area contributed by atoms with Gasteiger partial charge in [0, 0.05) is 17.6 Å². The van der Waals surface area contributed by atoms with E-state index in [1.165, 1.54) is 11.3 Å². The van der Waals surface area contributed by atoms with E-state index in [0.717, 1.165) is 27.3 Å². The van der Waals surface area contributed by atoms with Gasteiger partial charge in [0.15, 0.2) is 4.80 Å². The predicted octanol–water partition coefficient (Wildman–Crippen LogP) is 6.12. The van der Waals surface area contributed by atoms with Crippen molar-refractivity contribution in [1.29, 1.82) is 0 Å². The lowest BCUT2D eigenvalue weighted by Gasteiger charge is -2.07. The highest BCUT2D eigenvalue weighted by atomic mass is 35.5. The molecule has 0 bridgehead atoms. The zero-order valence-corrected chi connectivity index (χ0v) is 17.7. The van der Waals surface area contributed by atoms with Crippen LogP contribution in [0, 0.1) is 6.92 Å². The summed E-state index contributed by atoms with van der Waals surface area (Å²) < 4.78 is 1.98. The van der Waals surface area contributed by atoms with Crippen LogP contribution in [-0.2, 0) is 7.05 Å². The van der Waals surface area contributed by atoms with Crippen molar-refractivity contribution in [2.75, 3.05) is 0 Å². The lowest BCUT2D eigenvalue weighted by Crippen LogP contribution is -2.14. The number of carbonyl (C=O) groups is 1. The first-order valence-electron chi connectivity index (χ1n) is 9.20. The molecule has 0 atom stereocenters. The average Bonchev–Trinajstić information content (AvgIpc) is 3.05. The number of aromatic nitrogens is 1. The van der Waals surface area contributed by atoms with Crippen LogP contribution in [0.15, 0.2) is 83.9 Å². The average molecular weight is 419 g/mol. The predicted molar refractivity (Wildman–Crippen MR) is 120 cm³/mol. The number of halogens is 1. The van der Waals surface area contributed by atoms with Gasteiger partial charge in [-0.15, -0.1) is 0 Å². The van der Waals surface area contributed by atoms with Crippen LogP contribution in [0.2, 0.25) is 5.02 Å². The number of carbonyl (C=O) groups excluding carboxylic acids is 1. The molecule has 29 heavy (non-hydrogen) atoms. The van der Waals surface area contributed by atoms with Gasteiger partial charge in [-0.05, 0) is 42.3 Å². The second-order valence-electron chi connectivity index (χ2n) is 6.78. The summed E-state index contributed by atoms with van der Waals surface area (Å²) in [4.78, 5) is 18.9. The first-order valence-corrected chi connectivity index (χ1v) is 10.4. The quantitative estimate of drug-likeness (QED) is 0.394. The molecule has 3 nitrogen and oxygen atoms in total. The molecule has 0 unspecified atom stereocenters. The zero-order valence-electron chi connectivity index (χ0n) is 16.1. The van der Waals surface area contributed by atoms with Crippen LogP contribution in [0.5, 0.6) is 0 Å². The molecule has 5 heteroatoms. The number of nitrogens with zero attached hydrogens (tertiary/aromatic N) is 2. The highest BCUT2D eigenvalue weighted by Gasteiger charge is 2.16. The van der Waals surface area contributed by atoms with Crippen molar-refractivity contribution in [3.8, 4) is 21.7 Å². The van der Waals surface area contributed by atoms with Crippen molar-refractivity contribution >= 4 is 28.8 Å². The van der Waals surface area contributed by atoms with Gasteiger partial charge in [0.2, 0.25) is 0 Å². The highest BCUT2D eigenvalue weighted by Crippen LogP contribution is 2.34. The largest absolute Gasteiger partial charge is 0.319 e. The molecule has 0 saturated carbocycles. The molecule has 0 spiro atoms. The third kappa shape index (κ3) is 4.09. The summed E-state index contributed by atoms with van der Waals surface area (Å²) in [7, 11) is 1.94. The molecule has 4 aromatic rings. The van der Waals surface area contributed by atoms with Crippen LogP contribution in [-0.4, -0.2) is 10.5 Å². The van der Waals surface area contributed by atoms with Gasteiger partial charge in [-0.2, -0.15) is 4.99 Å². The number of aryl methyl sites for hydroxylation is 1. The van der Waals surface area contributed by atoms with Crippen molar-refractivity contribution in [3.63, 3.8) is 0 Å². The molecule has 4 rings (SSSR count). The first kappa shape index (κ1) is 19.4. The molecule has 0 saturated heterocycles. The molecule has 144 valence electrons. The van der Waals surface area contributed by atoms with Crippen molar-refractivity contribution in [3.05, 3.63) is 99.8 Å². The fourth-order valence-electron chi connectivity index (χ4n) is 3.20. The third-order valence-corrected chi connectivity index (χ3v) is 6.08. The molecule has 1 aromatic heterocycles. The van der Waals surface area contributed by atoms with E-state index in [-0.39, 0.29) is 5.91 Å². The van der Waals surface area contributed by atoms with E-state index in [2.05, 4.69) is 17.1 Å². The van der Waals surface area contributed by atoms with Gasteiger partial charge in [-0.3, -0.25) is 4.79 Å². The van der Waals surface area contributed by atoms with Crippen LogP contribution >= 0.6 is 22.9 Å². The van der Waals surface area contributed by atoms with E-state index < -0.39 is 0 Å². The van der Waals surface area contributed by atoms with Crippen LogP contribution < -0.4 is 4.80 Å². The standard InChI is InChI=1S/C24H19ClN2OS/c1-16-7-6-10-19(15-16)23(28)26-24-27(2)21(17-11-13-20(25)14-12-17)22(29-24)18-8-4-3-5-9-18/h3-15H,1-2H3. The Hall–Kier alpha value is -2.95. The minimum absolute atomic E-state index is 0.243. The van der Waals surface area contributed by atoms with Crippen LogP contribution in [0.25, 0.3) is 21.7 Å². The Kier molecular flexibility index (Phi) is 5.47. The Morgan fingerprint density at radius 1 is 0.931 bits per heavy atom. The molecule has 0 fully saturated rings. The van der Waals surface area contributed by atoms with Crippen molar-refractivity contribution < 1.29 is 4.79 Å². The Morgan fingerprint density at radius 2 is 1.66 bits per heavy atom. The summed E-state index contributed by atoms with van der Waals surface area (Å²) in [6.07, 6.45) is 0. The Balaban J connectivity index is 1.90. The van der Waals surface area contributed by atoms with Gasteiger partial charge in [-0.1, -0.05) is 83.1 Å². The molecule has 0 aliphatic rings. The monoisotopic (exact) mass is 418 g/mol. The second kappa shape index (κ2) is 8.19. The molecule has 0 N–H and O–H groups in total. The maximum Gasteiger partial charge on any atom is 0.279 e. The number of hydrogen-bond acceptors (Lipinski definition) is 2. The highest BCUT2D eigenvalue weighted by molar-refractivity contribution is 7.13. The lowest BCUT2D eigenvalue weighted by molar-refractivity contribution is 0.0998. The van der Waals surface area contributed by atoms with Crippen LogP contribution in [0.3, 0.4) is 0 Å². The van der Waals surface area contributed by atoms with Crippen molar-refractivity contribution in [2.45, 2.75) is 6.92 Å². The second-order valence-corrected chi connectivity index (χ2v) is 8.19. The van der Waals surface area contributed by atoms with E-state index in [1.807, 2.05) is 79.2 Å². The number of thiazole rings is 1. The molecule has 0 radical (unpaired) electrons. The van der Waals surface area contributed by atoms with Crippen LogP contribution in [0.4, 0.5) is 0 Å². The van der Waals surface area contributed by atoms with Crippen molar-refractivity contribution in [1.82, 2.24) is 4.57 Å². The zero-order chi connectivity index (χ0) is 20.4. The Morgan fingerprint density at radius 3 is 2.34 bits per heavy atom. The first-order chi connectivity index (χ1) is 14.0. The smallest absolute Gasteiger partial charge is 0.279 e. The fourth-order valence-corrected chi connectivity index (χ4v) is 4.47. The van der Waals surface area contributed by atoms with E-state index in [9.17, 15) is 4.79 Å². The molecule has 0 aliphatic carbocycles. The number of hydrogen-bond donors (Lipinski definition) is 0. The van der Waals surface area contributed by atoms with Gasteiger partial charge >= 0.3 is 0 Å². The molecular weight excluding hydrogens is 400 g/mol. The minimum atomic E-state index is -0.243. The van der Waals surface area contributed by atoms with E-state index >= 15 is 0 Å². The van der Waals surface area contributed by atoms with E-state index in [4.69, 9.17) is 11.6 Å². The van der Waals surface area contributed by atoms with E-state index in [1.54, 1.807) is 6.07 Å². The molecule has 1 amide bonds. The number of benzene rings is 3. The molecule has 1 heterocycles. The topological polar surface area (TPSA) is 34.4 Å². The maximum absolute atomic E-state index is 12.8. The summed E-state index contributed by atoms with van der Waals surface area (Å²) in [5.74, 6) is -0.243. The fraction of sp³-hybridized carbons (Fsp3) is 0.0833. The Labute approximate surface area is 178 Å². The summed E-state index contributed by atoms with van der Waals surface area (Å²) in [6.45, 7) is 1.97. The van der Waals surface area contributed by atoms with E-state index in [0.29, 0.717) is 15.4 Å². The summed E-state index contributed by atoms with van der Waals surface area (Å²) in [5.41, 5.74) is 4.74. The van der Waals surface area contributed by atoms with Gasteiger partial charge in [0.1, 0.15) is 0 Å². The lowest BCUT2D eigenvalue weighted by atomic mass is 10.1. The van der Waals surface area contributed by atoms with Gasteiger partial charge < -0.3 is 4.57 Å². The van der Waals surface area contributed by atoms with Gasteiger partial charge in [0.05, 0.1) is 10.6 Å². The van der Waals surface area contributed by atoms with Gasteiger partial charge in [-0.25, -0.2) is 0 Å². The summed E-state index contributed by atoms with van der Waals surface area (Å²) >= 11 is 7.59. The van der Waals surface area contributed by atoms with Gasteiger partial charge in [0.25, 0.3) is 5.91 Å². The molecule has 3 aromatic carbocycles. The third-order valence-electron chi connectivity index (χ3n) is 4.65. The normalized spacial score (nSPS) is 11.6. The summed E-state index contributed by atoms with van der Waals surface area (Å²) in [6, 6.07) is 25.4. The Bertz CT molecular complexity index is 1240. The van der Waals surface area contributed by atoms with Crippen molar-refractivity contribution in [2.24, 2.45) is 12.0 Å². The minimum Gasteiger partial charge on any atom is -0.319 e. The summed E-state index contributed by atoms with van der Waals surface area (Å²) in [5, 5.41) is 0.687. The SMILES string of the molecule is Cc1cccc(C(=O)N=c2sc(-c3ccccc3)c(-c3ccc(Cl)cc3)n2C)c1. The maximum atomic E-state index is 12.8. The number of rotatable bonds is 3.